The molecule has 2 N–H and O–H groups in total. The van der Waals surface area contributed by atoms with Crippen molar-refractivity contribution in [2.75, 3.05) is 6.61 Å². The molecule has 1 aromatic rings. The molecule has 1 rings (SSSR count). The van der Waals surface area contributed by atoms with Crippen LogP contribution >= 0.6 is 0 Å². The van der Waals surface area contributed by atoms with Gasteiger partial charge in [0.2, 0.25) is 0 Å². The van der Waals surface area contributed by atoms with Gasteiger partial charge in [-0.3, -0.25) is 0 Å². The van der Waals surface area contributed by atoms with E-state index in [9.17, 15) is 23.1 Å². The summed E-state index contributed by atoms with van der Waals surface area (Å²) >= 11 is 0. The standard InChI is InChI=1S/C20H30F3NO3Si/c1-7-8-16(14-9-11-15(12-10-14)20(21,22)23)17(24-18(25)26)13-27-28(5,6)19(2,3)4/h7-12,16-17,24H,13H2,1-6H3,(H,25,26)/b8-7+. The van der Waals surface area contributed by atoms with Gasteiger partial charge >= 0.3 is 12.3 Å². The third-order valence-corrected chi connectivity index (χ3v) is 9.70. The molecule has 0 saturated heterocycles. The summed E-state index contributed by atoms with van der Waals surface area (Å²) < 4.78 is 44.7. The second-order valence-electron chi connectivity index (χ2n) is 8.30. The Bertz CT molecular complexity index is 679. The van der Waals surface area contributed by atoms with Crippen molar-refractivity contribution in [2.45, 2.75) is 64.0 Å². The fraction of sp³-hybridized carbons (Fsp3) is 0.550. The predicted octanol–water partition coefficient (Wildman–Crippen LogP) is 6.02. The van der Waals surface area contributed by atoms with Gasteiger partial charge in [-0.05, 0) is 42.8 Å². The normalized spacial score (nSPS) is 15.5. The number of rotatable bonds is 7. The highest BCUT2D eigenvalue weighted by Gasteiger charge is 2.38. The molecular weight excluding hydrogens is 387 g/mol. The van der Waals surface area contributed by atoms with E-state index in [1.165, 1.54) is 12.1 Å². The Morgan fingerprint density at radius 2 is 1.75 bits per heavy atom. The van der Waals surface area contributed by atoms with Gasteiger partial charge in [-0.1, -0.05) is 45.1 Å². The number of alkyl halides is 3. The Labute approximate surface area is 165 Å². The molecule has 4 nitrogen and oxygen atoms in total. The van der Waals surface area contributed by atoms with Crippen molar-refractivity contribution in [2.24, 2.45) is 0 Å². The van der Waals surface area contributed by atoms with E-state index in [0.29, 0.717) is 5.56 Å². The fourth-order valence-electron chi connectivity index (χ4n) is 2.49. The molecule has 0 heterocycles. The first-order valence-corrected chi connectivity index (χ1v) is 12.0. The van der Waals surface area contributed by atoms with Gasteiger partial charge in [-0.2, -0.15) is 13.2 Å². The van der Waals surface area contributed by atoms with Crippen LogP contribution in [0.4, 0.5) is 18.0 Å². The first kappa shape index (κ1) is 24.2. The van der Waals surface area contributed by atoms with Crippen molar-refractivity contribution >= 4 is 14.4 Å². The summed E-state index contributed by atoms with van der Waals surface area (Å²) in [7, 11) is -2.13. The molecule has 0 aromatic heterocycles. The van der Waals surface area contributed by atoms with E-state index in [-0.39, 0.29) is 11.6 Å². The van der Waals surface area contributed by atoms with E-state index >= 15 is 0 Å². The van der Waals surface area contributed by atoms with E-state index < -0.39 is 38.1 Å². The van der Waals surface area contributed by atoms with Crippen LogP contribution in [0.3, 0.4) is 0 Å². The van der Waals surface area contributed by atoms with Crippen molar-refractivity contribution in [3.8, 4) is 0 Å². The lowest BCUT2D eigenvalue weighted by Gasteiger charge is -2.38. The van der Waals surface area contributed by atoms with Gasteiger partial charge in [0.05, 0.1) is 18.2 Å². The zero-order valence-electron chi connectivity index (χ0n) is 17.2. The monoisotopic (exact) mass is 417 g/mol. The minimum atomic E-state index is -4.42. The lowest BCUT2D eigenvalue weighted by molar-refractivity contribution is -0.137. The van der Waals surface area contributed by atoms with Gasteiger partial charge in [0.15, 0.2) is 8.32 Å². The van der Waals surface area contributed by atoms with E-state index in [4.69, 9.17) is 4.43 Å². The number of allylic oxidation sites excluding steroid dienone is 1. The second kappa shape index (κ2) is 9.13. The van der Waals surface area contributed by atoms with Crippen LogP contribution in [-0.2, 0) is 10.6 Å². The van der Waals surface area contributed by atoms with Crippen molar-refractivity contribution in [3.05, 3.63) is 47.5 Å². The first-order valence-electron chi connectivity index (χ1n) is 9.12. The minimum absolute atomic E-state index is 0.0504. The van der Waals surface area contributed by atoms with Gasteiger partial charge in [0, 0.05) is 5.92 Å². The number of nitrogens with one attached hydrogen (secondary N) is 1. The Morgan fingerprint density at radius 1 is 1.21 bits per heavy atom. The smallest absolute Gasteiger partial charge is 0.416 e. The Balaban J connectivity index is 3.17. The topological polar surface area (TPSA) is 58.6 Å². The van der Waals surface area contributed by atoms with Gasteiger partial charge in [-0.25, -0.2) is 4.79 Å². The van der Waals surface area contributed by atoms with Crippen molar-refractivity contribution in [3.63, 3.8) is 0 Å². The van der Waals surface area contributed by atoms with Crippen LogP contribution in [-0.4, -0.2) is 32.2 Å². The van der Waals surface area contributed by atoms with Crippen LogP contribution in [0.15, 0.2) is 36.4 Å². The first-order chi connectivity index (χ1) is 12.7. The number of hydrogen-bond donors (Lipinski definition) is 2. The third-order valence-electron chi connectivity index (χ3n) is 5.19. The molecule has 0 spiro atoms. The highest BCUT2D eigenvalue weighted by atomic mass is 28.4. The highest BCUT2D eigenvalue weighted by molar-refractivity contribution is 6.74. The average Bonchev–Trinajstić information content (AvgIpc) is 2.54. The third kappa shape index (κ3) is 6.67. The van der Waals surface area contributed by atoms with Gasteiger partial charge < -0.3 is 14.8 Å². The van der Waals surface area contributed by atoms with E-state index in [2.05, 4.69) is 39.2 Å². The van der Waals surface area contributed by atoms with Crippen molar-refractivity contribution in [1.29, 1.82) is 0 Å². The molecule has 0 radical (unpaired) electrons. The molecule has 0 bridgehead atoms. The maximum absolute atomic E-state index is 12.8. The molecule has 2 unspecified atom stereocenters. The van der Waals surface area contributed by atoms with Gasteiger partial charge in [-0.15, -0.1) is 0 Å². The molecule has 158 valence electrons. The summed E-state index contributed by atoms with van der Waals surface area (Å²) in [6.45, 7) is 12.3. The van der Waals surface area contributed by atoms with Crippen molar-refractivity contribution < 1.29 is 27.5 Å². The molecule has 2 atom stereocenters. The number of carboxylic acid groups (broad SMARTS) is 1. The lowest BCUT2D eigenvalue weighted by atomic mass is 9.90. The van der Waals surface area contributed by atoms with Crippen LogP contribution in [0.2, 0.25) is 18.1 Å². The Hall–Kier alpha value is -1.80. The van der Waals surface area contributed by atoms with Crippen molar-refractivity contribution in [1.82, 2.24) is 5.32 Å². The van der Waals surface area contributed by atoms with E-state index in [1.807, 2.05) is 0 Å². The summed E-state index contributed by atoms with van der Waals surface area (Å²) in [5.74, 6) is -0.451. The van der Waals surface area contributed by atoms with Crippen LogP contribution in [0.25, 0.3) is 0 Å². The van der Waals surface area contributed by atoms with Gasteiger partial charge in [0.25, 0.3) is 0 Å². The Kier molecular flexibility index (Phi) is 7.90. The fourth-order valence-corrected chi connectivity index (χ4v) is 3.52. The van der Waals surface area contributed by atoms with Gasteiger partial charge in [0.1, 0.15) is 0 Å². The van der Waals surface area contributed by atoms with Crippen LogP contribution < -0.4 is 5.32 Å². The molecule has 28 heavy (non-hydrogen) atoms. The molecule has 1 aromatic carbocycles. The largest absolute Gasteiger partial charge is 0.465 e. The number of halogens is 3. The maximum atomic E-state index is 12.8. The minimum Gasteiger partial charge on any atom is -0.465 e. The highest BCUT2D eigenvalue weighted by Crippen LogP contribution is 2.37. The van der Waals surface area contributed by atoms with Crippen LogP contribution in [0.1, 0.15) is 44.7 Å². The molecule has 8 heteroatoms. The summed E-state index contributed by atoms with van der Waals surface area (Å²) in [6, 6.07) is 4.17. The summed E-state index contributed by atoms with van der Waals surface area (Å²) in [5, 5.41) is 11.7. The summed E-state index contributed by atoms with van der Waals surface area (Å²) in [6.07, 6.45) is -2.09. The number of amides is 1. The summed E-state index contributed by atoms with van der Waals surface area (Å²) in [4.78, 5) is 11.3. The zero-order valence-corrected chi connectivity index (χ0v) is 18.2. The number of benzene rings is 1. The van der Waals surface area contributed by atoms with E-state index in [0.717, 1.165) is 12.1 Å². The number of carbonyl (C=O) groups is 1. The molecule has 0 saturated carbocycles. The molecular formula is C20H30F3NO3Si. The predicted molar refractivity (Wildman–Crippen MR) is 107 cm³/mol. The van der Waals surface area contributed by atoms with Crippen LogP contribution in [0, 0.1) is 0 Å². The summed E-state index contributed by atoms with van der Waals surface area (Å²) in [5.41, 5.74) is -0.153. The van der Waals surface area contributed by atoms with E-state index in [1.54, 1.807) is 19.1 Å². The molecule has 0 aliphatic carbocycles. The average molecular weight is 418 g/mol. The molecule has 0 aliphatic heterocycles. The molecule has 0 fully saturated rings. The Morgan fingerprint density at radius 3 is 2.14 bits per heavy atom. The number of hydrogen-bond acceptors (Lipinski definition) is 2. The maximum Gasteiger partial charge on any atom is 0.416 e. The SMILES string of the molecule is C/C=C/C(c1ccc(C(F)(F)F)cc1)C(CO[Si](C)(C)C(C)(C)C)NC(=O)O. The quantitative estimate of drug-likeness (QED) is 0.421. The zero-order chi connectivity index (χ0) is 21.8. The lowest BCUT2D eigenvalue weighted by Crippen LogP contribution is -2.47. The second-order valence-corrected chi connectivity index (χ2v) is 13.1. The van der Waals surface area contributed by atoms with Crippen LogP contribution in [0.5, 0.6) is 0 Å². The molecule has 1 amide bonds. The molecule has 0 aliphatic rings.